The van der Waals surface area contributed by atoms with Crippen LogP contribution in [0.15, 0.2) is 55.0 Å². The van der Waals surface area contributed by atoms with Gasteiger partial charge >= 0.3 is 0 Å². The van der Waals surface area contributed by atoms with Crippen molar-refractivity contribution in [1.82, 2.24) is 9.97 Å². The zero-order valence-electron chi connectivity index (χ0n) is 18.2. The second-order valence-electron chi connectivity index (χ2n) is 7.08. The van der Waals surface area contributed by atoms with Crippen LogP contribution in [-0.2, 0) is 0 Å². The van der Waals surface area contributed by atoms with Crippen molar-refractivity contribution in [2.45, 2.75) is 0 Å². The molecule has 0 aliphatic rings. The number of pyridine rings is 2. The van der Waals surface area contributed by atoms with Crippen LogP contribution in [0.25, 0.3) is 10.9 Å². The largest absolute Gasteiger partial charge is 0.493 e. The van der Waals surface area contributed by atoms with Crippen molar-refractivity contribution < 1.29 is 32.9 Å². The Kier molecular flexibility index (Phi) is 7.23. The number of amides is 1. The lowest BCUT2D eigenvalue weighted by Gasteiger charge is -2.14. The molecular formula is C24H18ClF2N3O5. The number of anilines is 1. The molecule has 2 N–H and O–H groups in total. The van der Waals surface area contributed by atoms with Gasteiger partial charge in [0.1, 0.15) is 12.4 Å². The number of hydrogen-bond donors (Lipinski definition) is 2. The number of aromatic nitrogens is 2. The second kappa shape index (κ2) is 10.5. The fraction of sp³-hybridized carbons (Fsp3) is 0.125. The summed E-state index contributed by atoms with van der Waals surface area (Å²) in [5, 5.41) is 12.0. The highest BCUT2D eigenvalue weighted by molar-refractivity contribution is 6.34. The number of hydrogen-bond acceptors (Lipinski definition) is 7. The molecule has 2 aromatic heterocycles. The Labute approximate surface area is 203 Å². The van der Waals surface area contributed by atoms with Gasteiger partial charge < -0.3 is 24.6 Å². The molecule has 0 radical (unpaired) electrons. The molecule has 0 saturated carbocycles. The number of aliphatic hydroxyl groups excluding tert-OH is 1. The van der Waals surface area contributed by atoms with Crippen molar-refractivity contribution in [3.63, 3.8) is 0 Å². The average molecular weight is 502 g/mol. The summed E-state index contributed by atoms with van der Waals surface area (Å²) in [6.45, 7) is -0.205. The first-order chi connectivity index (χ1) is 16.9. The van der Waals surface area contributed by atoms with Gasteiger partial charge in [-0.05, 0) is 18.2 Å². The van der Waals surface area contributed by atoms with Crippen molar-refractivity contribution in [2.75, 3.05) is 25.6 Å². The van der Waals surface area contributed by atoms with Crippen LogP contribution in [0.5, 0.6) is 23.0 Å². The summed E-state index contributed by atoms with van der Waals surface area (Å²) in [6.07, 6.45) is 4.06. The Bertz CT molecular complexity index is 1380. The summed E-state index contributed by atoms with van der Waals surface area (Å²) in [5.41, 5.74) is 0.336. The summed E-state index contributed by atoms with van der Waals surface area (Å²) in [7, 11) is 1.45. The van der Waals surface area contributed by atoms with E-state index in [2.05, 4.69) is 15.3 Å². The number of nitrogens with one attached hydrogen (secondary N) is 1. The molecule has 0 fully saturated rings. The molecule has 2 heterocycles. The average Bonchev–Trinajstić information content (AvgIpc) is 2.84. The van der Waals surface area contributed by atoms with Crippen LogP contribution in [0.3, 0.4) is 0 Å². The van der Waals surface area contributed by atoms with Crippen molar-refractivity contribution in [1.29, 1.82) is 0 Å². The van der Waals surface area contributed by atoms with Gasteiger partial charge in [0.2, 0.25) is 0 Å². The highest BCUT2D eigenvalue weighted by Gasteiger charge is 2.19. The number of carbonyl (C=O) groups excluding carboxylic acids is 1. The summed E-state index contributed by atoms with van der Waals surface area (Å²) >= 11 is 5.97. The first-order valence-corrected chi connectivity index (χ1v) is 10.6. The van der Waals surface area contributed by atoms with E-state index >= 15 is 0 Å². The monoisotopic (exact) mass is 501 g/mol. The Balaban J connectivity index is 1.64. The van der Waals surface area contributed by atoms with Crippen LogP contribution in [0.1, 0.15) is 10.4 Å². The van der Waals surface area contributed by atoms with E-state index in [1.807, 2.05) is 0 Å². The topological polar surface area (TPSA) is 103 Å². The quantitative estimate of drug-likeness (QED) is 0.351. The molecule has 0 spiro atoms. The van der Waals surface area contributed by atoms with E-state index < -0.39 is 23.3 Å². The highest BCUT2D eigenvalue weighted by atomic mass is 35.5. The third-order valence-corrected chi connectivity index (χ3v) is 5.15. The van der Waals surface area contributed by atoms with Gasteiger partial charge in [-0.2, -0.15) is 0 Å². The van der Waals surface area contributed by atoms with Crippen LogP contribution in [0, 0.1) is 11.6 Å². The van der Waals surface area contributed by atoms with Crippen LogP contribution < -0.4 is 19.5 Å². The number of methoxy groups -OCH3 is 1. The molecule has 4 rings (SSSR count). The fourth-order valence-electron chi connectivity index (χ4n) is 3.23. The maximum absolute atomic E-state index is 14.9. The molecule has 0 aliphatic heterocycles. The zero-order chi connectivity index (χ0) is 24.9. The lowest BCUT2D eigenvalue weighted by molar-refractivity contribution is 0.102. The SMILES string of the molecule is COc1cc2nccc(Oc3c(F)cc(NC(=O)c4cnccc4Cl)cc3F)c2cc1OCCO. The van der Waals surface area contributed by atoms with Gasteiger partial charge in [0.05, 0.1) is 29.8 Å². The Morgan fingerprint density at radius 3 is 2.54 bits per heavy atom. The third-order valence-electron chi connectivity index (χ3n) is 4.82. The Morgan fingerprint density at radius 2 is 1.86 bits per heavy atom. The normalized spacial score (nSPS) is 10.8. The van der Waals surface area contributed by atoms with Gasteiger partial charge in [0, 0.05) is 47.9 Å². The number of fused-ring (bicyclic) bond motifs is 1. The smallest absolute Gasteiger partial charge is 0.258 e. The molecule has 2 aromatic carbocycles. The fourth-order valence-corrected chi connectivity index (χ4v) is 3.42. The van der Waals surface area contributed by atoms with Gasteiger partial charge in [-0.3, -0.25) is 14.8 Å². The minimum Gasteiger partial charge on any atom is -0.493 e. The number of rotatable bonds is 8. The number of halogens is 3. The van der Waals surface area contributed by atoms with Crippen LogP contribution in [0.4, 0.5) is 14.5 Å². The third kappa shape index (κ3) is 5.23. The van der Waals surface area contributed by atoms with Crippen LogP contribution >= 0.6 is 11.6 Å². The second-order valence-corrected chi connectivity index (χ2v) is 7.49. The first-order valence-electron chi connectivity index (χ1n) is 10.2. The molecule has 0 saturated heterocycles. The van der Waals surface area contributed by atoms with E-state index in [0.29, 0.717) is 22.4 Å². The highest BCUT2D eigenvalue weighted by Crippen LogP contribution is 2.38. The lowest BCUT2D eigenvalue weighted by atomic mass is 10.1. The van der Waals surface area contributed by atoms with Crippen molar-refractivity contribution >= 4 is 34.1 Å². The van der Waals surface area contributed by atoms with E-state index in [0.717, 1.165) is 12.1 Å². The predicted molar refractivity (Wildman–Crippen MR) is 125 cm³/mol. The molecule has 11 heteroatoms. The summed E-state index contributed by atoms with van der Waals surface area (Å²) in [4.78, 5) is 20.4. The summed E-state index contributed by atoms with van der Waals surface area (Å²) < 4.78 is 46.0. The van der Waals surface area contributed by atoms with E-state index in [4.69, 9.17) is 30.9 Å². The van der Waals surface area contributed by atoms with Crippen LogP contribution in [-0.4, -0.2) is 41.3 Å². The lowest BCUT2D eigenvalue weighted by Crippen LogP contribution is -2.13. The summed E-state index contributed by atoms with van der Waals surface area (Å²) in [6, 6.07) is 7.80. The van der Waals surface area contributed by atoms with E-state index in [1.165, 1.54) is 43.9 Å². The molecular weight excluding hydrogens is 484 g/mol. The summed E-state index contributed by atoms with van der Waals surface area (Å²) in [5.74, 6) is -2.70. The molecule has 180 valence electrons. The molecule has 0 bridgehead atoms. The van der Waals surface area contributed by atoms with E-state index in [1.54, 1.807) is 6.07 Å². The number of ether oxygens (including phenoxy) is 3. The maximum Gasteiger partial charge on any atom is 0.258 e. The minimum atomic E-state index is -1.05. The molecule has 35 heavy (non-hydrogen) atoms. The number of carbonyl (C=O) groups is 1. The van der Waals surface area contributed by atoms with Gasteiger partial charge in [-0.15, -0.1) is 0 Å². The van der Waals surface area contributed by atoms with Crippen molar-refractivity contribution in [2.24, 2.45) is 0 Å². The molecule has 4 aromatic rings. The molecule has 1 amide bonds. The standard InChI is InChI=1S/C24H18ClF2N3O5/c1-33-21-11-19-14(10-22(21)34-7-6-31)20(3-5-29-19)35-23-17(26)8-13(9-18(23)27)30-24(32)15-12-28-4-2-16(15)25/h2-5,8-12,31H,6-7H2,1H3,(H,30,32). The molecule has 8 nitrogen and oxygen atoms in total. The van der Waals surface area contributed by atoms with Gasteiger partial charge in [-0.1, -0.05) is 11.6 Å². The molecule has 0 unspecified atom stereocenters. The number of benzene rings is 2. The molecule has 0 atom stereocenters. The Morgan fingerprint density at radius 1 is 1.09 bits per heavy atom. The van der Waals surface area contributed by atoms with Gasteiger partial charge in [0.15, 0.2) is 28.9 Å². The van der Waals surface area contributed by atoms with E-state index in [9.17, 15) is 13.6 Å². The molecule has 0 aliphatic carbocycles. The van der Waals surface area contributed by atoms with E-state index in [-0.39, 0.29) is 35.2 Å². The predicted octanol–water partition coefficient (Wildman–Crippen LogP) is 4.99. The van der Waals surface area contributed by atoms with Crippen LogP contribution in [0.2, 0.25) is 5.02 Å². The minimum absolute atomic E-state index is 0.0129. The first kappa shape index (κ1) is 24.1. The maximum atomic E-state index is 14.9. The zero-order valence-corrected chi connectivity index (χ0v) is 19.0. The number of aliphatic hydroxyl groups is 1. The van der Waals surface area contributed by atoms with Crippen molar-refractivity contribution in [3.8, 4) is 23.0 Å². The number of nitrogens with zero attached hydrogens (tertiary/aromatic N) is 2. The van der Waals surface area contributed by atoms with Gasteiger partial charge in [0.25, 0.3) is 5.91 Å². The van der Waals surface area contributed by atoms with Gasteiger partial charge in [-0.25, -0.2) is 8.78 Å². The van der Waals surface area contributed by atoms with Crippen molar-refractivity contribution in [3.05, 3.63) is 77.2 Å². The Hall–Kier alpha value is -4.02.